The van der Waals surface area contributed by atoms with Gasteiger partial charge in [0.1, 0.15) is 6.61 Å². The molecule has 1 aromatic rings. The molecule has 1 aromatic carbocycles. The van der Waals surface area contributed by atoms with Crippen molar-refractivity contribution in [3.8, 4) is 0 Å². The summed E-state index contributed by atoms with van der Waals surface area (Å²) < 4.78 is 48.7. The number of morpholine rings is 1. The molecule has 10 heteroatoms. The number of alkyl halides is 3. The zero-order valence-electron chi connectivity index (χ0n) is 16.9. The van der Waals surface area contributed by atoms with Crippen LogP contribution in [0.15, 0.2) is 24.3 Å². The first-order chi connectivity index (χ1) is 14.3. The second kappa shape index (κ2) is 9.76. The highest BCUT2D eigenvalue weighted by atomic mass is 19.4. The van der Waals surface area contributed by atoms with Crippen LogP contribution in [0.25, 0.3) is 0 Å². The summed E-state index contributed by atoms with van der Waals surface area (Å²) >= 11 is 0. The average Bonchev–Trinajstić information content (AvgIpc) is 2.74. The fourth-order valence-electron chi connectivity index (χ4n) is 3.68. The topological polar surface area (TPSA) is 62.3 Å². The van der Waals surface area contributed by atoms with Crippen LogP contribution in [0.3, 0.4) is 0 Å². The van der Waals surface area contributed by atoms with E-state index in [1.165, 1.54) is 19.2 Å². The van der Waals surface area contributed by atoms with Gasteiger partial charge in [-0.15, -0.1) is 0 Å². The second-order valence-corrected chi connectivity index (χ2v) is 7.43. The van der Waals surface area contributed by atoms with Crippen LogP contribution in [0.1, 0.15) is 15.9 Å². The van der Waals surface area contributed by atoms with Crippen molar-refractivity contribution in [3.05, 3.63) is 35.4 Å². The minimum Gasteiger partial charge on any atom is -0.375 e. The third-order valence-electron chi connectivity index (χ3n) is 5.34. The lowest BCUT2D eigenvalue weighted by molar-refractivity contribution is -0.143. The summed E-state index contributed by atoms with van der Waals surface area (Å²) in [5, 5.41) is 0. The van der Waals surface area contributed by atoms with Crippen LogP contribution in [-0.2, 0) is 20.4 Å². The highest BCUT2D eigenvalue weighted by Gasteiger charge is 2.31. The Hall–Kier alpha value is -2.17. The number of nitrogens with zero attached hydrogens (tertiary/aromatic N) is 3. The van der Waals surface area contributed by atoms with Crippen LogP contribution in [0.4, 0.5) is 13.2 Å². The van der Waals surface area contributed by atoms with E-state index in [4.69, 9.17) is 9.47 Å². The molecule has 2 aliphatic rings. The van der Waals surface area contributed by atoms with E-state index in [-0.39, 0.29) is 30.1 Å². The van der Waals surface area contributed by atoms with E-state index in [1.54, 1.807) is 9.80 Å². The van der Waals surface area contributed by atoms with Gasteiger partial charge in [-0.1, -0.05) is 0 Å². The number of halogens is 3. The molecule has 0 radical (unpaired) electrons. The second-order valence-electron chi connectivity index (χ2n) is 7.43. The first kappa shape index (κ1) is 22.5. The number of hydrogen-bond donors (Lipinski definition) is 0. The van der Waals surface area contributed by atoms with E-state index < -0.39 is 11.7 Å². The molecule has 1 atom stereocenters. The van der Waals surface area contributed by atoms with Gasteiger partial charge in [-0.3, -0.25) is 14.5 Å². The number of carbonyl (C=O) groups excluding carboxylic acids is 2. The van der Waals surface area contributed by atoms with Crippen LogP contribution in [-0.4, -0.2) is 98.8 Å². The molecule has 0 saturated carbocycles. The molecule has 0 aromatic heterocycles. The van der Waals surface area contributed by atoms with E-state index in [9.17, 15) is 22.8 Å². The van der Waals surface area contributed by atoms with Crippen molar-refractivity contribution in [2.45, 2.75) is 12.3 Å². The summed E-state index contributed by atoms with van der Waals surface area (Å²) in [7, 11) is 1.49. The Morgan fingerprint density at radius 1 is 1.07 bits per heavy atom. The van der Waals surface area contributed by atoms with Crippen LogP contribution in [0, 0.1) is 0 Å². The van der Waals surface area contributed by atoms with Crippen LogP contribution < -0.4 is 0 Å². The highest BCUT2D eigenvalue weighted by Crippen LogP contribution is 2.29. The van der Waals surface area contributed by atoms with Crippen molar-refractivity contribution in [2.75, 3.05) is 66.1 Å². The summed E-state index contributed by atoms with van der Waals surface area (Å²) in [5.41, 5.74) is -0.520. The normalized spacial score (nSPS) is 21.0. The quantitative estimate of drug-likeness (QED) is 0.707. The molecular formula is C20H26F3N3O4. The third-order valence-corrected chi connectivity index (χ3v) is 5.34. The van der Waals surface area contributed by atoms with Crippen molar-refractivity contribution in [1.82, 2.24) is 14.7 Å². The fourth-order valence-corrected chi connectivity index (χ4v) is 3.68. The molecule has 0 bridgehead atoms. The van der Waals surface area contributed by atoms with Gasteiger partial charge in [-0.05, 0) is 24.3 Å². The van der Waals surface area contributed by atoms with Crippen molar-refractivity contribution < 1.29 is 32.2 Å². The lowest BCUT2D eigenvalue weighted by Gasteiger charge is -2.39. The molecule has 0 N–H and O–H groups in total. The number of rotatable bonds is 5. The summed E-state index contributed by atoms with van der Waals surface area (Å²) in [6, 6.07) is 4.30. The average molecular weight is 429 g/mol. The summed E-state index contributed by atoms with van der Waals surface area (Å²) in [4.78, 5) is 30.1. The largest absolute Gasteiger partial charge is 0.416 e. The molecule has 2 saturated heterocycles. The first-order valence-corrected chi connectivity index (χ1v) is 9.85. The number of hydrogen-bond acceptors (Lipinski definition) is 5. The predicted molar refractivity (Wildman–Crippen MR) is 102 cm³/mol. The Balaban J connectivity index is 1.47. The van der Waals surface area contributed by atoms with Gasteiger partial charge in [0.05, 0.1) is 18.3 Å². The number of methoxy groups -OCH3 is 1. The highest BCUT2D eigenvalue weighted by molar-refractivity contribution is 5.94. The fraction of sp³-hybridized carbons (Fsp3) is 0.600. The van der Waals surface area contributed by atoms with Crippen molar-refractivity contribution in [3.63, 3.8) is 0 Å². The van der Waals surface area contributed by atoms with Crippen molar-refractivity contribution in [2.24, 2.45) is 0 Å². The Kier molecular flexibility index (Phi) is 7.32. The van der Waals surface area contributed by atoms with E-state index in [0.717, 1.165) is 12.1 Å². The van der Waals surface area contributed by atoms with Crippen molar-refractivity contribution >= 4 is 11.8 Å². The van der Waals surface area contributed by atoms with Crippen LogP contribution >= 0.6 is 0 Å². The molecule has 2 heterocycles. The molecule has 30 heavy (non-hydrogen) atoms. The summed E-state index contributed by atoms with van der Waals surface area (Å²) in [6.07, 6.45) is -4.52. The number of benzene rings is 1. The minimum absolute atomic E-state index is 0.0530. The molecule has 2 amide bonds. The molecule has 166 valence electrons. The Bertz CT molecular complexity index is 734. The maximum Gasteiger partial charge on any atom is 0.416 e. The van der Waals surface area contributed by atoms with Gasteiger partial charge in [0.25, 0.3) is 5.91 Å². The van der Waals surface area contributed by atoms with E-state index in [2.05, 4.69) is 4.90 Å². The number of carbonyl (C=O) groups is 2. The number of amides is 2. The maximum absolute atomic E-state index is 12.7. The van der Waals surface area contributed by atoms with Crippen LogP contribution in [0.5, 0.6) is 0 Å². The zero-order valence-corrected chi connectivity index (χ0v) is 16.9. The zero-order chi connectivity index (χ0) is 21.7. The van der Waals surface area contributed by atoms with Gasteiger partial charge in [0.15, 0.2) is 0 Å². The van der Waals surface area contributed by atoms with E-state index in [1.807, 2.05) is 0 Å². The van der Waals surface area contributed by atoms with Crippen LogP contribution in [0.2, 0.25) is 0 Å². The van der Waals surface area contributed by atoms with Gasteiger partial charge in [0.2, 0.25) is 5.91 Å². The molecule has 7 nitrogen and oxygen atoms in total. The summed E-state index contributed by atoms with van der Waals surface area (Å²) in [6.45, 7) is 4.48. The van der Waals surface area contributed by atoms with Gasteiger partial charge >= 0.3 is 6.18 Å². The smallest absolute Gasteiger partial charge is 0.375 e. The minimum atomic E-state index is -4.42. The van der Waals surface area contributed by atoms with Gasteiger partial charge in [-0.25, -0.2) is 0 Å². The molecule has 0 aliphatic carbocycles. The first-order valence-electron chi connectivity index (χ1n) is 9.85. The van der Waals surface area contributed by atoms with E-state index >= 15 is 0 Å². The number of ether oxygens (including phenoxy) is 2. The van der Waals surface area contributed by atoms with Gasteiger partial charge in [0, 0.05) is 58.5 Å². The molecule has 3 rings (SSSR count). The maximum atomic E-state index is 12.7. The van der Waals surface area contributed by atoms with E-state index in [0.29, 0.717) is 52.4 Å². The number of piperazine rings is 1. The van der Waals surface area contributed by atoms with Crippen molar-refractivity contribution in [1.29, 1.82) is 0 Å². The predicted octanol–water partition coefficient (Wildman–Crippen LogP) is 1.34. The molecular weight excluding hydrogens is 403 g/mol. The molecule has 0 spiro atoms. The molecule has 2 aliphatic heterocycles. The monoisotopic (exact) mass is 429 g/mol. The molecule has 2 fully saturated rings. The molecule has 1 unspecified atom stereocenters. The summed E-state index contributed by atoms with van der Waals surface area (Å²) in [5.74, 6) is -0.327. The van der Waals surface area contributed by atoms with Gasteiger partial charge in [-0.2, -0.15) is 13.2 Å². The Labute approximate surface area is 173 Å². The lowest BCUT2D eigenvalue weighted by Crippen LogP contribution is -2.54. The lowest BCUT2D eigenvalue weighted by atomic mass is 10.1. The SMILES string of the molecule is COCC(=O)N1CCOC(CN2CCN(C(=O)c3ccc(C(F)(F)F)cc3)CC2)C1. The Morgan fingerprint density at radius 3 is 2.33 bits per heavy atom. The Morgan fingerprint density at radius 2 is 1.73 bits per heavy atom. The third kappa shape index (κ3) is 5.71. The standard InChI is InChI=1S/C20H26F3N3O4/c1-29-14-18(27)26-10-11-30-17(13-26)12-24-6-8-25(9-7-24)19(28)15-2-4-16(5-3-15)20(21,22)23/h2-5,17H,6-14H2,1H3. The van der Waals surface area contributed by atoms with Gasteiger partial charge < -0.3 is 19.3 Å².